The van der Waals surface area contributed by atoms with Crippen LogP contribution in [-0.2, 0) is 0 Å². The van der Waals surface area contributed by atoms with Crippen LogP contribution in [0.5, 0.6) is 0 Å². The van der Waals surface area contributed by atoms with E-state index in [9.17, 15) is 8.78 Å². The SMILES string of the molecule is Cc1cc(F)c(C(Cl)c2ccc(Cl)c(Br)c2)cc1F. The molecule has 5 heteroatoms. The van der Waals surface area contributed by atoms with Crippen LogP contribution in [0.15, 0.2) is 34.8 Å². The third-order valence-electron chi connectivity index (χ3n) is 2.79. The molecule has 0 amide bonds. The molecule has 0 heterocycles. The Hall–Kier alpha value is -0.640. The minimum absolute atomic E-state index is 0.110. The van der Waals surface area contributed by atoms with Gasteiger partial charge in [-0.05, 0) is 58.2 Å². The zero-order valence-corrected chi connectivity index (χ0v) is 13.0. The predicted molar refractivity (Wildman–Crippen MR) is 77.9 cm³/mol. The Labute approximate surface area is 128 Å². The molecule has 2 aromatic carbocycles. The molecule has 0 spiro atoms. The van der Waals surface area contributed by atoms with Gasteiger partial charge in [0.1, 0.15) is 11.6 Å². The molecule has 0 saturated carbocycles. The quantitative estimate of drug-likeness (QED) is 0.571. The van der Waals surface area contributed by atoms with Crippen LogP contribution in [0.25, 0.3) is 0 Å². The fraction of sp³-hybridized carbons (Fsp3) is 0.143. The fourth-order valence-electron chi connectivity index (χ4n) is 1.71. The zero-order valence-electron chi connectivity index (χ0n) is 9.85. The van der Waals surface area contributed by atoms with E-state index in [-0.39, 0.29) is 11.1 Å². The van der Waals surface area contributed by atoms with Crippen molar-refractivity contribution in [1.29, 1.82) is 0 Å². The lowest BCUT2D eigenvalue weighted by atomic mass is 10.0. The highest BCUT2D eigenvalue weighted by Crippen LogP contribution is 2.34. The Bertz CT molecular complexity index is 629. The molecule has 1 atom stereocenters. The van der Waals surface area contributed by atoms with Crippen molar-refractivity contribution in [3.63, 3.8) is 0 Å². The monoisotopic (exact) mass is 364 g/mol. The molecule has 0 aromatic heterocycles. The Morgan fingerprint density at radius 3 is 2.42 bits per heavy atom. The van der Waals surface area contributed by atoms with Gasteiger partial charge in [-0.15, -0.1) is 11.6 Å². The van der Waals surface area contributed by atoms with Gasteiger partial charge < -0.3 is 0 Å². The summed E-state index contributed by atoms with van der Waals surface area (Å²) in [6.07, 6.45) is 0. The van der Waals surface area contributed by atoms with E-state index in [0.717, 1.165) is 12.1 Å². The van der Waals surface area contributed by atoms with Gasteiger partial charge in [-0.2, -0.15) is 0 Å². The predicted octanol–water partition coefficient (Wildman–Crippen LogP) is 6.02. The van der Waals surface area contributed by atoms with Crippen molar-refractivity contribution in [3.8, 4) is 0 Å². The number of rotatable bonds is 2. The van der Waals surface area contributed by atoms with Crippen LogP contribution in [0.3, 0.4) is 0 Å². The summed E-state index contributed by atoms with van der Waals surface area (Å²) in [5.74, 6) is -1.000. The third kappa shape index (κ3) is 3.10. The van der Waals surface area contributed by atoms with Crippen molar-refractivity contribution in [1.82, 2.24) is 0 Å². The number of hydrogen-bond acceptors (Lipinski definition) is 0. The van der Waals surface area contributed by atoms with Crippen LogP contribution >= 0.6 is 39.1 Å². The molecule has 100 valence electrons. The van der Waals surface area contributed by atoms with Crippen LogP contribution in [0.2, 0.25) is 5.02 Å². The molecule has 2 rings (SSSR count). The van der Waals surface area contributed by atoms with Gasteiger partial charge in [0, 0.05) is 10.0 Å². The smallest absolute Gasteiger partial charge is 0.128 e. The molecule has 0 fully saturated rings. The molecular weight excluding hydrogens is 357 g/mol. The lowest BCUT2D eigenvalue weighted by Gasteiger charge is -2.13. The van der Waals surface area contributed by atoms with Gasteiger partial charge in [-0.25, -0.2) is 8.78 Å². The molecule has 2 aromatic rings. The first-order chi connectivity index (χ1) is 8.90. The second-order valence-electron chi connectivity index (χ2n) is 4.16. The highest BCUT2D eigenvalue weighted by molar-refractivity contribution is 9.10. The van der Waals surface area contributed by atoms with Crippen LogP contribution in [0, 0.1) is 18.6 Å². The van der Waals surface area contributed by atoms with E-state index in [2.05, 4.69) is 15.9 Å². The Morgan fingerprint density at radius 2 is 1.79 bits per heavy atom. The largest absolute Gasteiger partial charge is 0.207 e. The number of aryl methyl sites for hydroxylation is 1. The molecular formula is C14H9BrCl2F2. The number of benzene rings is 2. The molecule has 0 N–H and O–H groups in total. The van der Waals surface area contributed by atoms with Gasteiger partial charge in [0.2, 0.25) is 0 Å². The summed E-state index contributed by atoms with van der Waals surface area (Å²) in [6, 6.07) is 7.30. The van der Waals surface area contributed by atoms with Crippen molar-refractivity contribution in [2.45, 2.75) is 12.3 Å². The standard InChI is InChI=1S/C14H9BrCl2F2/c1-7-4-13(19)9(6-12(7)18)14(17)8-2-3-11(16)10(15)5-8/h2-6,14H,1H3. The van der Waals surface area contributed by atoms with Crippen LogP contribution < -0.4 is 0 Å². The van der Waals surface area contributed by atoms with E-state index in [0.29, 0.717) is 15.1 Å². The number of alkyl halides is 1. The molecule has 1 unspecified atom stereocenters. The summed E-state index contributed by atoms with van der Waals surface area (Å²) in [5, 5.41) is -0.244. The van der Waals surface area contributed by atoms with E-state index in [4.69, 9.17) is 23.2 Å². The first-order valence-corrected chi connectivity index (χ1v) is 7.05. The molecule has 0 aliphatic heterocycles. The molecule has 19 heavy (non-hydrogen) atoms. The topological polar surface area (TPSA) is 0 Å². The average molecular weight is 366 g/mol. The molecule has 0 nitrogen and oxygen atoms in total. The summed E-state index contributed by atoms with van der Waals surface area (Å²) in [7, 11) is 0. The van der Waals surface area contributed by atoms with Gasteiger partial charge in [0.05, 0.1) is 10.4 Å². The maximum Gasteiger partial charge on any atom is 0.128 e. The molecule has 0 aliphatic carbocycles. The first kappa shape index (κ1) is 14.8. The summed E-state index contributed by atoms with van der Waals surface area (Å²) < 4.78 is 28.0. The van der Waals surface area contributed by atoms with E-state index in [1.807, 2.05) is 0 Å². The minimum Gasteiger partial charge on any atom is -0.207 e. The fourth-order valence-corrected chi connectivity index (χ4v) is 2.52. The minimum atomic E-state index is -0.774. The summed E-state index contributed by atoms with van der Waals surface area (Å²) in [5.41, 5.74) is 1.00. The van der Waals surface area contributed by atoms with Gasteiger partial charge >= 0.3 is 0 Å². The van der Waals surface area contributed by atoms with E-state index in [1.54, 1.807) is 18.2 Å². The van der Waals surface area contributed by atoms with Gasteiger partial charge in [-0.3, -0.25) is 0 Å². The lowest BCUT2D eigenvalue weighted by molar-refractivity contribution is 0.580. The second kappa shape index (κ2) is 5.78. The van der Waals surface area contributed by atoms with Crippen LogP contribution in [0.1, 0.15) is 22.1 Å². The van der Waals surface area contributed by atoms with Crippen molar-refractivity contribution < 1.29 is 8.78 Å². The first-order valence-electron chi connectivity index (χ1n) is 5.44. The van der Waals surface area contributed by atoms with Gasteiger partial charge in [-0.1, -0.05) is 17.7 Å². The molecule has 0 bridgehead atoms. The van der Waals surface area contributed by atoms with E-state index in [1.165, 1.54) is 6.92 Å². The summed E-state index contributed by atoms with van der Waals surface area (Å²) in [6.45, 7) is 1.50. The van der Waals surface area contributed by atoms with E-state index >= 15 is 0 Å². The van der Waals surface area contributed by atoms with E-state index < -0.39 is 17.0 Å². The highest BCUT2D eigenvalue weighted by atomic mass is 79.9. The highest BCUT2D eigenvalue weighted by Gasteiger charge is 2.18. The Balaban J connectivity index is 2.46. The second-order valence-corrected chi connectivity index (χ2v) is 5.86. The van der Waals surface area contributed by atoms with Crippen molar-refractivity contribution in [2.75, 3.05) is 0 Å². The number of halogens is 5. The van der Waals surface area contributed by atoms with Crippen LogP contribution in [0.4, 0.5) is 8.78 Å². The summed E-state index contributed by atoms with van der Waals surface area (Å²) >= 11 is 15.4. The Morgan fingerprint density at radius 1 is 1.11 bits per heavy atom. The normalized spacial score (nSPS) is 12.5. The zero-order chi connectivity index (χ0) is 14.2. The molecule has 0 radical (unpaired) electrons. The van der Waals surface area contributed by atoms with Crippen molar-refractivity contribution in [2.24, 2.45) is 0 Å². The molecule has 0 aliphatic rings. The lowest BCUT2D eigenvalue weighted by Crippen LogP contribution is -2.00. The maximum atomic E-state index is 13.9. The van der Waals surface area contributed by atoms with Crippen LogP contribution in [-0.4, -0.2) is 0 Å². The summed E-state index contributed by atoms with van der Waals surface area (Å²) in [4.78, 5) is 0. The van der Waals surface area contributed by atoms with Gasteiger partial charge in [0.15, 0.2) is 0 Å². The molecule has 0 saturated heterocycles. The van der Waals surface area contributed by atoms with Gasteiger partial charge in [0.25, 0.3) is 0 Å². The third-order valence-corrected chi connectivity index (χ3v) is 4.49. The van der Waals surface area contributed by atoms with Crippen molar-refractivity contribution in [3.05, 3.63) is 68.2 Å². The Kier molecular flexibility index (Phi) is 4.49. The average Bonchev–Trinajstić information content (AvgIpc) is 2.36. The van der Waals surface area contributed by atoms with Crippen molar-refractivity contribution >= 4 is 39.1 Å². The number of hydrogen-bond donors (Lipinski definition) is 0. The maximum absolute atomic E-state index is 13.9.